The minimum Gasteiger partial charge on any atom is -0.394 e. The van der Waals surface area contributed by atoms with Gasteiger partial charge in [-0.2, -0.15) is 0 Å². The van der Waals surface area contributed by atoms with Gasteiger partial charge >= 0.3 is 0 Å². The molecule has 0 saturated carbocycles. The highest BCUT2D eigenvalue weighted by atomic mass is 16.5. The van der Waals surface area contributed by atoms with E-state index in [2.05, 4.69) is 13.8 Å². The van der Waals surface area contributed by atoms with E-state index in [4.69, 9.17) is 9.47 Å². The third-order valence-electron chi connectivity index (χ3n) is 7.50. The molecule has 0 saturated heterocycles. The number of hydrogen-bond acceptors (Lipinski definition) is 3. The van der Waals surface area contributed by atoms with Crippen LogP contribution in [0.15, 0.2) is 0 Å². The lowest BCUT2D eigenvalue weighted by Crippen LogP contribution is -2.24. The molecule has 0 spiro atoms. The standard InChI is InChI=1S/C33H68O3/c1-3-5-7-9-11-13-15-17-19-21-23-25-27-29-35-32-33(31-34)36-30-28-26-24-22-20-18-16-14-12-10-8-6-4-2/h33-34H,3-32H2,1-2H3. The second-order valence-electron chi connectivity index (χ2n) is 11.2. The van der Waals surface area contributed by atoms with Crippen LogP contribution in [0.4, 0.5) is 0 Å². The van der Waals surface area contributed by atoms with E-state index in [9.17, 15) is 5.11 Å². The largest absolute Gasteiger partial charge is 0.394 e. The second kappa shape index (κ2) is 32.9. The van der Waals surface area contributed by atoms with Crippen molar-refractivity contribution in [1.82, 2.24) is 0 Å². The Kier molecular flexibility index (Phi) is 32.8. The summed E-state index contributed by atoms with van der Waals surface area (Å²) in [4.78, 5) is 0. The molecule has 1 unspecified atom stereocenters. The fourth-order valence-electron chi connectivity index (χ4n) is 4.96. The Labute approximate surface area is 227 Å². The molecule has 3 nitrogen and oxygen atoms in total. The van der Waals surface area contributed by atoms with Crippen LogP contribution in [0.3, 0.4) is 0 Å². The average Bonchev–Trinajstić information content (AvgIpc) is 2.89. The molecule has 0 bridgehead atoms. The summed E-state index contributed by atoms with van der Waals surface area (Å²) in [5.74, 6) is 0. The first-order valence-electron chi connectivity index (χ1n) is 16.6. The summed E-state index contributed by atoms with van der Waals surface area (Å²) in [6, 6.07) is 0. The zero-order chi connectivity index (χ0) is 26.2. The van der Waals surface area contributed by atoms with Crippen LogP contribution in [0.5, 0.6) is 0 Å². The number of ether oxygens (including phenoxy) is 2. The molecule has 0 aromatic heterocycles. The lowest BCUT2D eigenvalue weighted by molar-refractivity contribution is -0.0437. The molecular formula is C33H68O3. The summed E-state index contributed by atoms with van der Waals surface area (Å²) in [5.41, 5.74) is 0. The van der Waals surface area contributed by atoms with E-state index in [1.807, 2.05) is 0 Å². The number of aliphatic hydroxyl groups is 1. The Morgan fingerprint density at radius 1 is 0.417 bits per heavy atom. The maximum absolute atomic E-state index is 9.54. The van der Waals surface area contributed by atoms with E-state index in [0.717, 1.165) is 26.1 Å². The van der Waals surface area contributed by atoms with Crippen molar-refractivity contribution in [3.8, 4) is 0 Å². The van der Waals surface area contributed by atoms with Gasteiger partial charge in [0.15, 0.2) is 0 Å². The van der Waals surface area contributed by atoms with Crippen molar-refractivity contribution < 1.29 is 14.6 Å². The predicted molar refractivity (Wildman–Crippen MR) is 159 cm³/mol. The number of hydrogen-bond donors (Lipinski definition) is 1. The van der Waals surface area contributed by atoms with E-state index in [0.29, 0.717) is 6.61 Å². The van der Waals surface area contributed by atoms with Crippen molar-refractivity contribution >= 4 is 0 Å². The number of aliphatic hydroxyl groups excluding tert-OH is 1. The molecule has 0 aromatic rings. The lowest BCUT2D eigenvalue weighted by atomic mass is 10.0. The van der Waals surface area contributed by atoms with Crippen LogP contribution < -0.4 is 0 Å². The Morgan fingerprint density at radius 2 is 0.722 bits per heavy atom. The van der Waals surface area contributed by atoms with Gasteiger partial charge in [0.25, 0.3) is 0 Å². The molecule has 0 amide bonds. The van der Waals surface area contributed by atoms with E-state index in [1.54, 1.807) is 0 Å². The Morgan fingerprint density at radius 3 is 1.06 bits per heavy atom. The summed E-state index contributed by atoms with van der Waals surface area (Å²) in [7, 11) is 0. The summed E-state index contributed by atoms with van der Waals surface area (Å²) in [6.07, 6.45) is 35.5. The molecule has 0 heterocycles. The van der Waals surface area contributed by atoms with Crippen LogP contribution in [0.25, 0.3) is 0 Å². The molecule has 1 atom stereocenters. The SMILES string of the molecule is CCCCCCCCCCCCCCCOCC(CO)OCCCCCCCCCCCCCCC. The van der Waals surface area contributed by atoms with E-state index in [1.165, 1.54) is 154 Å². The average molecular weight is 513 g/mol. The highest BCUT2D eigenvalue weighted by molar-refractivity contribution is 4.55. The quantitative estimate of drug-likeness (QED) is 0.0911. The van der Waals surface area contributed by atoms with Crippen LogP contribution in [0.1, 0.15) is 181 Å². The van der Waals surface area contributed by atoms with Crippen molar-refractivity contribution in [2.75, 3.05) is 26.4 Å². The maximum atomic E-state index is 9.54. The summed E-state index contributed by atoms with van der Waals surface area (Å²) in [6.45, 7) is 6.73. The van der Waals surface area contributed by atoms with Crippen molar-refractivity contribution in [3.05, 3.63) is 0 Å². The molecule has 0 radical (unpaired) electrons. The van der Waals surface area contributed by atoms with Gasteiger partial charge in [0.2, 0.25) is 0 Å². The molecule has 218 valence electrons. The highest BCUT2D eigenvalue weighted by Crippen LogP contribution is 2.14. The van der Waals surface area contributed by atoms with E-state index < -0.39 is 0 Å². The fourth-order valence-corrected chi connectivity index (χ4v) is 4.96. The monoisotopic (exact) mass is 513 g/mol. The van der Waals surface area contributed by atoms with Gasteiger partial charge in [-0.1, -0.05) is 168 Å². The zero-order valence-electron chi connectivity index (χ0n) is 25.1. The zero-order valence-corrected chi connectivity index (χ0v) is 25.1. The van der Waals surface area contributed by atoms with Gasteiger partial charge in [-0.05, 0) is 12.8 Å². The first-order valence-corrected chi connectivity index (χ1v) is 16.6. The first kappa shape index (κ1) is 35.9. The first-order chi connectivity index (χ1) is 17.8. The Bertz CT molecular complexity index is 374. The molecule has 0 rings (SSSR count). The van der Waals surface area contributed by atoms with Crippen LogP contribution in [0, 0.1) is 0 Å². The van der Waals surface area contributed by atoms with Gasteiger partial charge in [-0.25, -0.2) is 0 Å². The smallest absolute Gasteiger partial charge is 0.104 e. The molecule has 0 aliphatic rings. The fraction of sp³-hybridized carbons (Fsp3) is 1.00. The van der Waals surface area contributed by atoms with Gasteiger partial charge in [-0.3, -0.25) is 0 Å². The lowest BCUT2D eigenvalue weighted by Gasteiger charge is -2.15. The minimum atomic E-state index is -0.149. The topological polar surface area (TPSA) is 38.7 Å². The van der Waals surface area contributed by atoms with E-state index >= 15 is 0 Å². The van der Waals surface area contributed by atoms with Gasteiger partial charge in [0.1, 0.15) is 6.10 Å². The third kappa shape index (κ3) is 30.1. The number of unbranched alkanes of at least 4 members (excludes halogenated alkanes) is 24. The van der Waals surface area contributed by atoms with E-state index in [-0.39, 0.29) is 12.7 Å². The molecule has 0 aliphatic heterocycles. The molecular weight excluding hydrogens is 444 g/mol. The summed E-state index contributed by atoms with van der Waals surface area (Å²) >= 11 is 0. The van der Waals surface area contributed by atoms with Gasteiger partial charge in [0, 0.05) is 13.2 Å². The van der Waals surface area contributed by atoms with Crippen molar-refractivity contribution in [2.45, 2.75) is 187 Å². The van der Waals surface area contributed by atoms with Crippen molar-refractivity contribution in [2.24, 2.45) is 0 Å². The molecule has 0 aromatic carbocycles. The van der Waals surface area contributed by atoms with Crippen molar-refractivity contribution in [1.29, 1.82) is 0 Å². The highest BCUT2D eigenvalue weighted by Gasteiger charge is 2.07. The van der Waals surface area contributed by atoms with Crippen LogP contribution in [0.2, 0.25) is 0 Å². The Hall–Kier alpha value is -0.120. The van der Waals surface area contributed by atoms with Crippen LogP contribution in [-0.2, 0) is 9.47 Å². The second-order valence-corrected chi connectivity index (χ2v) is 11.2. The van der Waals surface area contributed by atoms with Gasteiger partial charge in [0.05, 0.1) is 13.2 Å². The maximum Gasteiger partial charge on any atom is 0.104 e. The van der Waals surface area contributed by atoms with Gasteiger partial charge < -0.3 is 14.6 Å². The molecule has 3 heteroatoms. The Balaban J connectivity index is 3.25. The molecule has 1 N–H and O–H groups in total. The predicted octanol–water partition coefficient (Wildman–Crippen LogP) is 10.6. The summed E-state index contributed by atoms with van der Waals surface area (Å²) < 4.78 is 11.6. The third-order valence-corrected chi connectivity index (χ3v) is 7.50. The minimum absolute atomic E-state index is 0.0665. The van der Waals surface area contributed by atoms with Crippen LogP contribution in [-0.4, -0.2) is 37.6 Å². The number of rotatable bonds is 32. The van der Waals surface area contributed by atoms with Gasteiger partial charge in [-0.15, -0.1) is 0 Å². The normalized spacial score (nSPS) is 12.4. The van der Waals surface area contributed by atoms with Crippen LogP contribution >= 0.6 is 0 Å². The van der Waals surface area contributed by atoms with Crippen molar-refractivity contribution in [3.63, 3.8) is 0 Å². The molecule has 36 heavy (non-hydrogen) atoms. The summed E-state index contributed by atoms with van der Waals surface area (Å²) in [5, 5.41) is 9.54. The molecule has 0 fully saturated rings. The molecule has 0 aliphatic carbocycles.